The predicted octanol–water partition coefficient (Wildman–Crippen LogP) is 2.61. The number of methoxy groups -OCH3 is 1. The van der Waals surface area contributed by atoms with E-state index in [1.807, 2.05) is 0 Å². The third kappa shape index (κ3) is 5.55. The van der Waals surface area contributed by atoms with Gasteiger partial charge in [-0.25, -0.2) is 0 Å². The molecule has 0 heterocycles. The van der Waals surface area contributed by atoms with Gasteiger partial charge in [0.1, 0.15) is 11.5 Å². The molecule has 0 aliphatic heterocycles. The van der Waals surface area contributed by atoms with Crippen LogP contribution in [0.15, 0.2) is 18.2 Å². The van der Waals surface area contributed by atoms with Gasteiger partial charge >= 0.3 is 6.61 Å². The molecule has 5 nitrogen and oxygen atoms in total. The van der Waals surface area contributed by atoms with Crippen molar-refractivity contribution in [1.82, 2.24) is 0 Å². The quantitative estimate of drug-likeness (QED) is 0.774. The van der Waals surface area contributed by atoms with Crippen molar-refractivity contribution in [2.24, 2.45) is 11.7 Å². The number of nitrogens with one attached hydrogen (secondary N) is 1. The minimum Gasteiger partial charge on any atom is -0.497 e. The molecule has 1 rings (SSSR count). The van der Waals surface area contributed by atoms with Crippen molar-refractivity contribution in [1.29, 1.82) is 0 Å². The zero-order chi connectivity index (χ0) is 15.8. The van der Waals surface area contributed by atoms with E-state index in [1.165, 1.54) is 25.3 Å². The van der Waals surface area contributed by atoms with Gasteiger partial charge in [-0.15, -0.1) is 0 Å². The average Bonchev–Trinajstić information content (AvgIpc) is 2.45. The van der Waals surface area contributed by atoms with Crippen LogP contribution >= 0.6 is 0 Å². The van der Waals surface area contributed by atoms with Crippen molar-refractivity contribution in [3.8, 4) is 11.5 Å². The molecule has 3 N–H and O–H groups in total. The van der Waals surface area contributed by atoms with E-state index in [0.29, 0.717) is 25.1 Å². The second-order valence-electron chi connectivity index (χ2n) is 4.56. The SMILES string of the molecule is COc1ccc(OC(F)F)c(NC(=O)C(C)CCCN)c1. The Bertz CT molecular complexity index is 470. The molecule has 1 atom stereocenters. The molecule has 0 aliphatic carbocycles. The summed E-state index contributed by atoms with van der Waals surface area (Å²) in [6.07, 6.45) is 1.34. The Morgan fingerprint density at radius 3 is 2.71 bits per heavy atom. The van der Waals surface area contributed by atoms with Gasteiger partial charge in [0.25, 0.3) is 0 Å². The lowest BCUT2D eigenvalue weighted by Gasteiger charge is -2.16. The molecule has 0 fully saturated rings. The van der Waals surface area contributed by atoms with Crippen LogP contribution in [0.1, 0.15) is 19.8 Å². The fraction of sp³-hybridized carbons (Fsp3) is 0.500. The Morgan fingerprint density at radius 1 is 1.43 bits per heavy atom. The molecule has 1 aromatic rings. The molecule has 21 heavy (non-hydrogen) atoms. The molecule has 0 aromatic heterocycles. The molecule has 0 saturated heterocycles. The summed E-state index contributed by atoms with van der Waals surface area (Å²) in [4.78, 5) is 12.0. The second kappa shape index (κ2) is 8.41. The predicted molar refractivity (Wildman–Crippen MR) is 75.7 cm³/mol. The Morgan fingerprint density at radius 2 is 2.14 bits per heavy atom. The molecular formula is C14H20F2N2O3. The number of carbonyl (C=O) groups excluding carboxylic acids is 1. The Balaban J connectivity index is 2.85. The van der Waals surface area contributed by atoms with E-state index in [1.54, 1.807) is 6.92 Å². The first-order chi connectivity index (χ1) is 9.97. The summed E-state index contributed by atoms with van der Waals surface area (Å²) < 4.78 is 34.1. The summed E-state index contributed by atoms with van der Waals surface area (Å²) in [7, 11) is 1.44. The monoisotopic (exact) mass is 302 g/mol. The summed E-state index contributed by atoms with van der Waals surface area (Å²) in [5, 5.41) is 2.58. The van der Waals surface area contributed by atoms with E-state index >= 15 is 0 Å². The normalized spacial score (nSPS) is 12.1. The molecule has 1 aromatic carbocycles. The molecule has 118 valence electrons. The standard InChI is InChI=1S/C14H20F2N2O3/c1-9(4-3-7-17)13(19)18-11-8-10(20-2)5-6-12(11)21-14(15)16/h5-6,8-9,14H,3-4,7,17H2,1-2H3,(H,18,19). The van der Waals surface area contributed by atoms with Crippen molar-refractivity contribution in [3.05, 3.63) is 18.2 Å². The number of hydrogen-bond acceptors (Lipinski definition) is 4. The summed E-state index contributed by atoms with van der Waals surface area (Å²) in [5.74, 6) is -0.235. The van der Waals surface area contributed by atoms with E-state index in [-0.39, 0.29) is 23.3 Å². The summed E-state index contributed by atoms with van der Waals surface area (Å²) in [6.45, 7) is -0.723. The minimum absolute atomic E-state index is 0.106. The van der Waals surface area contributed by atoms with Crippen LogP contribution in [-0.4, -0.2) is 26.2 Å². The van der Waals surface area contributed by atoms with Gasteiger partial charge in [0.2, 0.25) is 5.91 Å². The van der Waals surface area contributed by atoms with Gasteiger partial charge in [-0.05, 0) is 31.5 Å². The third-order valence-corrected chi connectivity index (χ3v) is 2.95. The zero-order valence-electron chi connectivity index (χ0n) is 12.1. The number of halogens is 2. The molecule has 0 saturated carbocycles. The van der Waals surface area contributed by atoms with Crippen LogP contribution in [0.5, 0.6) is 11.5 Å². The number of carbonyl (C=O) groups is 1. The van der Waals surface area contributed by atoms with Crippen LogP contribution < -0.4 is 20.5 Å². The fourth-order valence-corrected chi connectivity index (χ4v) is 1.74. The third-order valence-electron chi connectivity index (χ3n) is 2.95. The van der Waals surface area contributed by atoms with Crippen molar-refractivity contribution in [2.75, 3.05) is 19.0 Å². The van der Waals surface area contributed by atoms with Crippen LogP contribution in [0, 0.1) is 5.92 Å². The van der Waals surface area contributed by atoms with Crippen LogP contribution in [0.3, 0.4) is 0 Å². The van der Waals surface area contributed by atoms with Crippen LogP contribution in [0.4, 0.5) is 14.5 Å². The van der Waals surface area contributed by atoms with Gasteiger partial charge in [0.05, 0.1) is 12.8 Å². The van der Waals surface area contributed by atoms with E-state index in [0.717, 1.165) is 0 Å². The number of rotatable bonds is 8. The highest BCUT2D eigenvalue weighted by Gasteiger charge is 2.17. The first kappa shape index (κ1) is 17.2. The highest BCUT2D eigenvalue weighted by Crippen LogP contribution is 2.31. The van der Waals surface area contributed by atoms with Gasteiger partial charge in [0.15, 0.2) is 0 Å². The highest BCUT2D eigenvalue weighted by molar-refractivity contribution is 5.94. The molecule has 0 spiro atoms. The number of nitrogens with two attached hydrogens (primary N) is 1. The van der Waals surface area contributed by atoms with Gasteiger partial charge in [-0.3, -0.25) is 4.79 Å². The highest BCUT2D eigenvalue weighted by atomic mass is 19.3. The number of amides is 1. The molecular weight excluding hydrogens is 282 g/mol. The topological polar surface area (TPSA) is 73.6 Å². The first-order valence-corrected chi connectivity index (χ1v) is 6.61. The van der Waals surface area contributed by atoms with Gasteiger partial charge in [0, 0.05) is 12.0 Å². The largest absolute Gasteiger partial charge is 0.497 e. The van der Waals surface area contributed by atoms with Crippen molar-refractivity contribution >= 4 is 11.6 Å². The minimum atomic E-state index is -2.97. The number of hydrogen-bond donors (Lipinski definition) is 2. The molecule has 0 radical (unpaired) electrons. The molecule has 1 unspecified atom stereocenters. The fourth-order valence-electron chi connectivity index (χ4n) is 1.74. The summed E-state index contributed by atoms with van der Waals surface area (Å²) in [5.41, 5.74) is 5.55. The molecule has 7 heteroatoms. The van der Waals surface area contributed by atoms with Crippen LogP contribution in [0.2, 0.25) is 0 Å². The van der Waals surface area contributed by atoms with Crippen LogP contribution in [0.25, 0.3) is 0 Å². The van der Waals surface area contributed by atoms with Crippen LogP contribution in [-0.2, 0) is 4.79 Å². The molecule has 1 amide bonds. The zero-order valence-corrected chi connectivity index (χ0v) is 12.1. The van der Waals surface area contributed by atoms with Gasteiger partial charge in [-0.1, -0.05) is 6.92 Å². The summed E-state index contributed by atoms with van der Waals surface area (Å²) in [6, 6.07) is 4.24. The van der Waals surface area contributed by atoms with E-state index in [2.05, 4.69) is 10.1 Å². The lowest BCUT2D eigenvalue weighted by molar-refractivity contribution is -0.119. The Kier molecular flexibility index (Phi) is 6.87. The van der Waals surface area contributed by atoms with Gasteiger partial charge in [-0.2, -0.15) is 8.78 Å². The number of benzene rings is 1. The lowest BCUT2D eigenvalue weighted by atomic mass is 10.0. The second-order valence-corrected chi connectivity index (χ2v) is 4.56. The van der Waals surface area contributed by atoms with E-state index in [4.69, 9.17) is 10.5 Å². The molecule has 0 aliphatic rings. The van der Waals surface area contributed by atoms with E-state index < -0.39 is 6.61 Å². The van der Waals surface area contributed by atoms with Gasteiger partial charge < -0.3 is 20.5 Å². The first-order valence-electron chi connectivity index (χ1n) is 6.61. The number of ether oxygens (including phenoxy) is 2. The lowest BCUT2D eigenvalue weighted by Crippen LogP contribution is -2.21. The maximum atomic E-state index is 12.4. The summed E-state index contributed by atoms with van der Waals surface area (Å²) >= 11 is 0. The van der Waals surface area contributed by atoms with Crippen molar-refractivity contribution in [2.45, 2.75) is 26.4 Å². The smallest absolute Gasteiger partial charge is 0.387 e. The Hall–Kier alpha value is -1.89. The Labute approximate surface area is 122 Å². The maximum Gasteiger partial charge on any atom is 0.387 e. The number of anilines is 1. The van der Waals surface area contributed by atoms with Crippen molar-refractivity contribution < 1.29 is 23.0 Å². The number of alkyl halides is 2. The maximum absolute atomic E-state index is 12.4. The molecule has 0 bridgehead atoms. The van der Waals surface area contributed by atoms with Crippen molar-refractivity contribution in [3.63, 3.8) is 0 Å². The van der Waals surface area contributed by atoms with E-state index in [9.17, 15) is 13.6 Å². The average molecular weight is 302 g/mol.